The number of halogens is 2. The second-order valence-corrected chi connectivity index (χ2v) is 5.59. The van der Waals surface area contributed by atoms with Crippen molar-refractivity contribution in [2.75, 3.05) is 19.5 Å². The molecule has 0 aromatic heterocycles. The fourth-order valence-electron chi connectivity index (χ4n) is 1.98. The van der Waals surface area contributed by atoms with Gasteiger partial charge in [-0.15, -0.1) is 11.6 Å². The summed E-state index contributed by atoms with van der Waals surface area (Å²) in [7, 11) is 1.68. The van der Waals surface area contributed by atoms with Crippen LogP contribution in [0.25, 0.3) is 0 Å². The smallest absolute Gasteiger partial charge is 0.133 e. The van der Waals surface area contributed by atoms with Crippen LogP contribution in [-0.2, 0) is 6.54 Å². The van der Waals surface area contributed by atoms with Crippen LogP contribution < -0.4 is 4.74 Å². The summed E-state index contributed by atoms with van der Waals surface area (Å²) < 4.78 is 6.24. The van der Waals surface area contributed by atoms with Crippen molar-refractivity contribution >= 4 is 27.5 Å². The number of rotatable bonds is 6. The fourth-order valence-corrected chi connectivity index (χ4v) is 2.79. The Labute approximate surface area is 116 Å². The molecule has 1 aromatic rings. The second-order valence-electron chi connectivity index (χ2n) is 4.36. The molecule has 0 bridgehead atoms. The zero-order chi connectivity index (χ0) is 12.3. The minimum atomic E-state index is 0.702. The first-order valence-corrected chi connectivity index (χ1v) is 7.19. The average Bonchev–Trinajstić information content (AvgIpc) is 3.12. The van der Waals surface area contributed by atoms with Crippen molar-refractivity contribution in [2.24, 2.45) is 0 Å². The summed E-state index contributed by atoms with van der Waals surface area (Å²) in [5.74, 6) is 1.58. The van der Waals surface area contributed by atoms with E-state index < -0.39 is 0 Å². The Kier molecular flexibility index (Phi) is 4.71. The molecule has 0 N–H and O–H groups in total. The van der Waals surface area contributed by atoms with Gasteiger partial charge in [-0.25, -0.2) is 0 Å². The van der Waals surface area contributed by atoms with Crippen molar-refractivity contribution in [3.63, 3.8) is 0 Å². The summed E-state index contributed by atoms with van der Waals surface area (Å²) in [6.45, 7) is 1.94. The van der Waals surface area contributed by atoms with Gasteiger partial charge in [0.25, 0.3) is 0 Å². The quantitative estimate of drug-likeness (QED) is 0.742. The molecule has 17 heavy (non-hydrogen) atoms. The molecule has 0 radical (unpaired) electrons. The lowest BCUT2D eigenvalue weighted by molar-refractivity contribution is 0.271. The molecule has 1 aliphatic carbocycles. The number of alkyl halides is 1. The first kappa shape index (κ1) is 13.2. The Morgan fingerprint density at radius 1 is 1.47 bits per heavy atom. The van der Waals surface area contributed by atoms with Crippen molar-refractivity contribution in [3.05, 3.63) is 28.2 Å². The van der Waals surface area contributed by atoms with Gasteiger partial charge >= 0.3 is 0 Å². The molecule has 0 unspecified atom stereocenters. The highest BCUT2D eigenvalue weighted by molar-refractivity contribution is 9.10. The van der Waals surface area contributed by atoms with Crippen LogP contribution in [0.2, 0.25) is 0 Å². The standard InChI is InChI=1S/C13H17BrClNO/c1-17-13-5-2-10(8-12(13)14)9-16(7-6-15)11-3-4-11/h2,5,8,11H,3-4,6-7,9H2,1H3. The molecule has 1 aliphatic rings. The number of hydrogen-bond donors (Lipinski definition) is 0. The number of methoxy groups -OCH3 is 1. The number of nitrogens with zero attached hydrogens (tertiary/aromatic N) is 1. The van der Waals surface area contributed by atoms with Gasteiger partial charge in [0.05, 0.1) is 11.6 Å². The molecule has 4 heteroatoms. The van der Waals surface area contributed by atoms with Crippen molar-refractivity contribution in [1.82, 2.24) is 4.90 Å². The maximum atomic E-state index is 5.84. The van der Waals surface area contributed by atoms with Crippen molar-refractivity contribution in [3.8, 4) is 5.75 Å². The number of ether oxygens (including phenoxy) is 1. The zero-order valence-electron chi connectivity index (χ0n) is 9.96. The summed E-state index contributed by atoms with van der Waals surface area (Å²) in [4.78, 5) is 2.46. The summed E-state index contributed by atoms with van der Waals surface area (Å²) >= 11 is 9.36. The van der Waals surface area contributed by atoms with Gasteiger partial charge in [0.15, 0.2) is 0 Å². The van der Waals surface area contributed by atoms with E-state index in [-0.39, 0.29) is 0 Å². The highest BCUT2D eigenvalue weighted by atomic mass is 79.9. The van der Waals surface area contributed by atoms with E-state index in [0.717, 1.165) is 29.4 Å². The Morgan fingerprint density at radius 3 is 2.76 bits per heavy atom. The van der Waals surface area contributed by atoms with E-state index in [1.54, 1.807) is 7.11 Å². The predicted molar refractivity (Wildman–Crippen MR) is 74.8 cm³/mol. The third-order valence-corrected chi connectivity index (χ3v) is 3.83. The molecule has 2 rings (SSSR count). The van der Waals surface area contributed by atoms with Crippen LogP contribution in [0.15, 0.2) is 22.7 Å². The largest absolute Gasteiger partial charge is 0.496 e. The van der Waals surface area contributed by atoms with Crippen LogP contribution in [0, 0.1) is 0 Å². The molecule has 0 atom stereocenters. The van der Waals surface area contributed by atoms with Crippen LogP contribution in [0.4, 0.5) is 0 Å². The average molecular weight is 319 g/mol. The maximum Gasteiger partial charge on any atom is 0.133 e. The first-order valence-electron chi connectivity index (χ1n) is 5.87. The molecule has 0 heterocycles. The van der Waals surface area contributed by atoms with E-state index in [1.165, 1.54) is 18.4 Å². The van der Waals surface area contributed by atoms with Gasteiger partial charge < -0.3 is 4.74 Å². The number of hydrogen-bond acceptors (Lipinski definition) is 2. The maximum absolute atomic E-state index is 5.84. The van der Waals surface area contributed by atoms with Gasteiger partial charge in [0.1, 0.15) is 5.75 Å². The molecule has 1 fully saturated rings. The lowest BCUT2D eigenvalue weighted by Crippen LogP contribution is -2.27. The summed E-state index contributed by atoms with van der Waals surface area (Å²) in [6.07, 6.45) is 2.63. The van der Waals surface area contributed by atoms with Crippen LogP contribution >= 0.6 is 27.5 Å². The van der Waals surface area contributed by atoms with Crippen LogP contribution in [-0.4, -0.2) is 30.5 Å². The highest BCUT2D eigenvalue weighted by Gasteiger charge is 2.28. The predicted octanol–water partition coefficient (Wildman–Crippen LogP) is 3.66. The van der Waals surface area contributed by atoms with E-state index in [0.29, 0.717) is 5.88 Å². The highest BCUT2D eigenvalue weighted by Crippen LogP contribution is 2.30. The molecule has 0 saturated heterocycles. The molecule has 94 valence electrons. The molecule has 1 saturated carbocycles. The topological polar surface area (TPSA) is 12.5 Å². The summed E-state index contributed by atoms with van der Waals surface area (Å²) in [5.41, 5.74) is 1.30. The van der Waals surface area contributed by atoms with Crippen LogP contribution in [0.1, 0.15) is 18.4 Å². The molecule has 0 amide bonds. The first-order chi connectivity index (χ1) is 8.24. The normalized spacial score (nSPS) is 15.3. The van der Waals surface area contributed by atoms with E-state index >= 15 is 0 Å². The Morgan fingerprint density at radius 2 is 2.24 bits per heavy atom. The Hall–Kier alpha value is -0.250. The second kappa shape index (κ2) is 6.07. The summed E-state index contributed by atoms with van der Waals surface area (Å²) in [6, 6.07) is 7.00. The van der Waals surface area contributed by atoms with Gasteiger partial charge in [-0.3, -0.25) is 4.90 Å². The monoisotopic (exact) mass is 317 g/mol. The van der Waals surface area contributed by atoms with Crippen molar-refractivity contribution < 1.29 is 4.74 Å². The van der Waals surface area contributed by atoms with Gasteiger partial charge in [0.2, 0.25) is 0 Å². The van der Waals surface area contributed by atoms with E-state index in [2.05, 4.69) is 33.0 Å². The van der Waals surface area contributed by atoms with Gasteiger partial charge in [-0.2, -0.15) is 0 Å². The molecule has 0 aliphatic heterocycles. The number of benzene rings is 1. The lowest BCUT2D eigenvalue weighted by atomic mass is 10.2. The Balaban J connectivity index is 2.03. The zero-order valence-corrected chi connectivity index (χ0v) is 12.3. The molecule has 1 aromatic carbocycles. The van der Waals surface area contributed by atoms with Crippen LogP contribution in [0.3, 0.4) is 0 Å². The fraction of sp³-hybridized carbons (Fsp3) is 0.538. The third-order valence-electron chi connectivity index (χ3n) is 3.04. The van der Waals surface area contributed by atoms with E-state index in [1.807, 2.05) is 6.07 Å². The SMILES string of the molecule is COc1ccc(CN(CCCl)C2CC2)cc1Br. The van der Waals surface area contributed by atoms with Gasteiger partial charge in [0, 0.05) is 25.0 Å². The molecular weight excluding hydrogens is 302 g/mol. The third kappa shape index (κ3) is 3.60. The van der Waals surface area contributed by atoms with Gasteiger partial charge in [-0.05, 0) is 46.5 Å². The summed E-state index contributed by atoms with van der Waals surface area (Å²) in [5, 5.41) is 0. The van der Waals surface area contributed by atoms with Gasteiger partial charge in [-0.1, -0.05) is 6.07 Å². The van der Waals surface area contributed by atoms with E-state index in [9.17, 15) is 0 Å². The van der Waals surface area contributed by atoms with Crippen molar-refractivity contribution in [1.29, 1.82) is 0 Å². The Bertz CT molecular complexity index is 382. The minimum absolute atomic E-state index is 0.702. The van der Waals surface area contributed by atoms with Crippen LogP contribution in [0.5, 0.6) is 5.75 Å². The van der Waals surface area contributed by atoms with Crippen molar-refractivity contribution in [2.45, 2.75) is 25.4 Å². The lowest BCUT2D eigenvalue weighted by Gasteiger charge is -2.21. The molecule has 0 spiro atoms. The molecular formula is C13H17BrClNO. The molecule has 2 nitrogen and oxygen atoms in total. The van der Waals surface area contributed by atoms with E-state index in [4.69, 9.17) is 16.3 Å². The minimum Gasteiger partial charge on any atom is -0.496 e.